The molecule has 1 aliphatic heterocycles. The molecule has 5 N–H and O–H groups in total. The molecule has 0 aromatic heterocycles. The fraction of sp³-hybridized carbons (Fsp3) is 0.727. The lowest BCUT2D eigenvalue weighted by molar-refractivity contribution is -0.291. The van der Waals surface area contributed by atoms with Gasteiger partial charge in [-0.25, -0.2) is 4.79 Å². The summed E-state index contributed by atoms with van der Waals surface area (Å²) >= 11 is 0. The van der Waals surface area contributed by atoms with Crippen molar-refractivity contribution >= 4 is 5.97 Å². The van der Waals surface area contributed by atoms with E-state index in [2.05, 4.69) is 6.58 Å². The standard InChI is InChI=1S/C11H18O8/c1-5(2-3-12)10(17)19-11-9(16)8(15)7(14)6(4-13)18-11/h6-9,11-16H,1-4H2/t6-,7-,8+,9-,11+/m1/s1. The van der Waals surface area contributed by atoms with Crippen molar-refractivity contribution in [2.24, 2.45) is 0 Å². The molecule has 0 bridgehead atoms. The van der Waals surface area contributed by atoms with Crippen LogP contribution in [-0.2, 0) is 14.3 Å². The highest BCUT2D eigenvalue weighted by atomic mass is 16.7. The van der Waals surface area contributed by atoms with E-state index < -0.39 is 43.3 Å². The summed E-state index contributed by atoms with van der Waals surface area (Å²) in [5, 5.41) is 46.2. The third-order valence-electron chi connectivity index (χ3n) is 2.77. The largest absolute Gasteiger partial charge is 0.429 e. The predicted molar refractivity (Wildman–Crippen MR) is 60.7 cm³/mol. The third-order valence-corrected chi connectivity index (χ3v) is 2.77. The number of carbonyl (C=O) groups excluding carboxylic acids is 1. The molecule has 0 spiro atoms. The summed E-state index contributed by atoms with van der Waals surface area (Å²) in [6.45, 7) is 2.47. The maximum atomic E-state index is 11.5. The molecule has 19 heavy (non-hydrogen) atoms. The van der Waals surface area contributed by atoms with Crippen LogP contribution in [0.4, 0.5) is 0 Å². The lowest BCUT2D eigenvalue weighted by Crippen LogP contribution is -2.59. The van der Waals surface area contributed by atoms with Crippen LogP contribution in [0.2, 0.25) is 0 Å². The summed E-state index contributed by atoms with van der Waals surface area (Å²) in [6.07, 6.45) is -7.47. The summed E-state index contributed by atoms with van der Waals surface area (Å²) < 4.78 is 9.74. The number of aliphatic hydroxyl groups excluding tert-OH is 5. The molecule has 8 heteroatoms. The summed E-state index contributed by atoms with van der Waals surface area (Å²) in [4.78, 5) is 11.5. The second kappa shape index (κ2) is 6.94. The van der Waals surface area contributed by atoms with Crippen molar-refractivity contribution in [2.45, 2.75) is 37.1 Å². The third kappa shape index (κ3) is 3.72. The topological polar surface area (TPSA) is 137 Å². The van der Waals surface area contributed by atoms with E-state index in [1.807, 2.05) is 0 Å². The number of hydrogen-bond acceptors (Lipinski definition) is 8. The van der Waals surface area contributed by atoms with Gasteiger partial charge in [-0.1, -0.05) is 6.58 Å². The molecule has 1 fully saturated rings. The van der Waals surface area contributed by atoms with E-state index in [1.165, 1.54) is 0 Å². The zero-order valence-corrected chi connectivity index (χ0v) is 10.2. The predicted octanol–water partition coefficient (Wildman–Crippen LogP) is -2.73. The molecule has 8 nitrogen and oxygen atoms in total. The lowest BCUT2D eigenvalue weighted by Gasteiger charge is -2.39. The van der Waals surface area contributed by atoms with Crippen molar-refractivity contribution in [3.63, 3.8) is 0 Å². The second-order valence-electron chi connectivity index (χ2n) is 4.18. The Bertz CT molecular complexity index is 329. The van der Waals surface area contributed by atoms with Crippen LogP contribution in [-0.4, -0.2) is 75.4 Å². The first-order valence-electron chi connectivity index (χ1n) is 5.72. The minimum absolute atomic E-state index is 0.00371. The van der Waals surface area contributed by atoms with Crippen LogP contribution < -0.4 is 0 Å². The highest BCUT2D eigenvalue weighted by Gasteiger charge is 2.45. The fourth-order valence-corrected chi connectivity index (χ4v) is 1.59. The maximum absolute atomic E-state index is 11.5. The SMILES string of the molecule is C=C(CCO)C(=O)O[C@@H]1O[C@H](CO)[C@@H](O)[C@H](O)[C@H]1O. The van der Waals surface area contributed by atoms with Crippen molar-refractivity contribution in [1.29, 1.82) is 0 Å². The van der Waals surface area contributed by atoms with E-state index >= 15 is 0 Å². The van der Waals surface area contributed by atoms with Gasteiger partial charge in [0.15, 0.2) is 0 Å². The van der Waals surface area contributed by atoms with Gasteiger partial charge in [0.25, 0.3) is 0 Å². The molecule has 0 aromatic carbocycles. The Labute approximate surface area is 109 Å². The van der Waals surface area contributed by atoms with Crippen LogP contribution in [0.5, 0.6) is 0 Å². The van der Waals surface area contributed by atoms with E-state index in [-0.39, 0.29) is 18.6 Å². The van der Waals surface area contributed by atoms with Gasteiger partial charge in [0.2, 0.25) is 6.29 Å². The molecule has 0 saturated carbocycles. The molecule has 0 radical (unpaired) electrons. The molecular weight excluding hydrogens is 260 g/mol. The van der Waals surface area contributed by atoms with Crippen LogP contribution in [0, 0.1) is 0 Å². The molecule has 1 rings (SSSR count). The van der Waals surface area contributed by atoms with E-state index in [9.17, 15) is 20.1 Å². The summed E-state index contributed by atoms with van der Waals surface area (Å²) in [7, 11) is 0. The monoisotopic (exact) mass is 278 g/mol. The molecule has 0 amide bonds. The van der Waals surface area contributed by atoms with Gasteiger partial charge in [-0.2, -0.15) is 0 Å². The highest BCUT2D eigenvalue weighted by molar-refractivity contribution is 5.87. The van der Waals surface area contributed by atoms with Crippen molar-refractivity contribution in [1.82, 2.24) is 0 Å². The van der Waals surface area contributed by atoms with Crippen molar-refractivity contribution in [3.8, 4) is 0 Å². The highest BCUT2D eigenvalue weighted by Crippen LogP contribution is 2.22. The Hall–Kier alpha value is -1.03. The quantitative estimate of drug-likeness (QED) is 0.270. The molecule has 1 aliphatic rings. The molecular formula is C11H18O8. The minimum Gasteiger partial charge on any atom is -0.429 e. The lowest BCUT2D eigenvalue weighted by atomic mass is 9.99. The van der Waals surface area contributed by atoms with Gasteiger partial charge in [-0.05, 0) is 0 Å². The Morgan fingerprint density at radius 1 is 1.16 bits per heavy atom. The Balaban J connectivity index is 2.66. The normalized spacial score (nSPS) is 34.9. The van der Waals surface area contributed by atoms with Crippen molar-refractivity contribution in [2.75, 3.05) is 13.2 Å². The smallest absolute Gasteiger partial charge is 0.335 e. The van der Waals surface area contributed by atoms with Crippen molar-refractivity contribution in [3.05, 3.63) is 12.2 Å². The van der Waals surface area contributed by atoms with E-state index in [1.54, 1.807) is 0 Å². The number of rotatable bonds is 5. The van der Waals surface area contributed by atoms with Gasteiger partial charge in [0.05, 0.1) is 6.61 Å². The average Bonchev–Trinajstić information content (AvgIpc) is 2.39. The van der Waals surface area contributed by atoms with E-state index in [4.69, 9.17) is 19.7 Å². The van der Waals surface area contributed by atoms with Gasteiger partial charge in [0, 0.05) is 18.6 Å². The van der Waals surface area contributed by atoms with Crippen LogP contribution in [0.3, 0.4) is 0 Å². The number of ether oxygens (including phenoxy) is 2. The Morgan fingerprint density at radius 2 is 1.79 bits per heavy atom. The average molecular weight is 278 g/mol. The number of aliphatic hydroxyl groups is 5. The summed E-state index contributed by atoms with van der Waals surface area (Å²) in [6, 6.07) is 0. The molecule has 110 valence electrons. The molecule has 0 aliphatic carbocycles. The van der Waals surface area contributed by atoms with Gasteiger partial charge in [-0.15, -0.1) is 0 Å². The van der Waals surface area contributed by atoms with Gasteiger partial charge in [0.1, 0.15) is 24.4 Å². The Morgan fingerprint density at radius 3 is 2.32 bits per heavy atom. The maximum Gasteiger partial charge on any atom is 0.335 e. The zero-order valence-electron chi connectivity index (χ0n) is 10.2. The van der Waals surface area contributed by atoms with Crippen LogP contribution in [0.25, 0.3) is 0 Å². The molecule has 0 unspecified atom stereocenters. The van der Waals surface area contributed by atoms with Gasteiger partial charge < -0.3 is 35.0 Å². The first-order valence-corrected chi connectivity index (χ1v) is 5.72. The number of carbonyl (C=O) groups is 1. The van der Waals surface area contributed by atoms with E-state index in [0.717, 1.165) is 0 Å². The fourth-order valence-electron chi connectivity index (χ4n) is 1.59. The zero-order chi connectivity index (χ0) is 14.6. The van der Waals surface area contributed by atoms with Crippen LogP contribution in [0.1, 0.15) is 6.42 Å². The molecule has 5 atom stereocenters. The molecule has 0 aromatic rings. The van der Waals surface area contributed by atoms with Gasteiger partial charge in [-0.3, -0.25) is 0 Å². The molecule has 1 heterocycles. The minimum atomic E-state index is -1.65. The summed E-state index contributed by atoms with van der Waals surface area (Å²) in [5.41, 5.74) is -0.0283. The van der Waals surface area contributed by atoms with Gasteiger partial charge >= 0.3 is 5.97 Å². The van der Waals surface area contributed by atoms with Crippen molar-refractivity contribution < 1.29 is 39.8 Å². The summed E-state index contributed by atoms with van der Waals surface area (Å²) in [5.74, 6) is -0.904. The number of hydrogen-bond donors (Lipinski definition) is 5. The molecule has 1 saturated heterocycles. The van der Waals surface area contributed by atoms with E-state index in [0.29, 0.717) is 0 Å². The second-order valence-corrected chi connectivity index (χ2v) is 4.18. The first-order chi connectivity index (χ1) is 8.92. The Kier molecular flexibility index (Phi) is 5.85. The van der Waals surface area contributed by atoms with Crippen LogP contribution in [0.15, 0.2) is 12.2 Å². The first kappa shape index (κ1) is 16.0. The van der Waals surface area contributed by atoms with Crippen LogP contribution >= 0.6 is 0 Å². The number of esters is 1.